The topological polar surface area (TPSA) is 146 Å². The average Bonchev–Trinajstić information content (AvgIpc) is 3.09. The molecular formula is C14H19N5O4. The van der Waals surface area contributed by atoms with Crippen LogP contribution in [0.25, 0.3) is 11.0 Å². The number of aromatic amines is 1. The number of anilines is 1. The minimum atomic E-state index is -1.06. The van der Waals surface area contributed by atoms with Crippen molar-refractivity contribution in [2.75, 3.05) is 12.3 Å². The number of carbonyl (C=O) groups excluding carboxylic acids is 1. The van der Waals surface area contributed by atoms with Gasteiger partial charge in [0.1, 0.15) is 30.7 Å². The zero-order valence-corrected chi connectivity index (χ0v) is 12.6. The predicted molar refractivity (Wildman–Crippen MR) is 81.2 cm³/mol. The molecule has 0 spiro atoms. The number of rotatable bonds is 4. The first kappa shape index (κ1) is 15.7. The Balaban J connectivity index is 1.82. The molecule has 2 aromatic heterocycles. The zero-order valence-electron chi connectivity index (χ0n) is 12.6. The molecule has 3 heterocycles. The lowest BCUT2D eigenvalue weighted by Crippen LogP contribution is -2.37. The highest BCUT2D eigenvalue weighted by Gasteiger charge is 2.43. The third-order valence-corrected chi connectivity index (χ3v) is 4.07. The summed E-state index contributed by atoms with van der Waals surface area (Å²) in [5.41, 5.74) is 7.61. The van der Waals surface area contributed by atoms with Crippen molar-refractivity contribution in [3.8, 4) is 0 Å². The molecule has 0 bridgehead atoms. The molecule has 3 rings (SSSR count). The van der Waals surface area contributed by atoms with Crippen LogP contribution in [-0.4, -0.2) is 56.0 Å². The first-order valence-corrected chi connectivity index (χ1v) is 7.38. The lowest BCUT2D eigenvalue weighted by Gasteiger charge is -2.15. The van der Waals surface area contributed by atoms with Crippen LogP contribution in [0.3, 0.4) is 0 Å². The minimum Gasteiger partial charge on any atom is -0.464 e. The molecule has 0 radical (unpaired) electrons. The third kappa shape index (κ3) is 2.74. The summed E-state index contributed by atoms with van der Waals surface area (Å²) in [6.45, 7) is 1.68. The van der Waals surface area contributed by atoms with Crippen molar-refractivity contribution in [2.45, 2.75) is 37.6 Å². The number of nitrogen functional groups attached to an aromatic ring is 1. The standard InChI is InChI=1S/C14H19N5O4/c1-2-8(20)23-4-7-12(21)13(22)10(19-7)6-3-16-11-9(6)17-5-18-14(11)15/h3,5,7,10,12-13,16,19,21-22H,2,4H2,1H3,(H2,15,17,18)/t7-,10+,12-,13+/m1/s1. The van der Waals surface area contributed by atoms with Gasteiger partial charge in [-0.3, -0.25) is 10.1 Å². The Morgan fingerprint density at radius 3 is 2.91 bits per heavy atom. The van der Waals surface area contributed by atoms with E-state index in [1.54, 1.807) is 13.1 Å². The maximum absolute atomic E-state index is 11.2. The predicted octanol–water partition coefficient (Wildman–Crippen LogP) is -0.772. The van der Waals surface area contributed by atoms with E-state index >= 15 is 0 Å². The average molecular weight is 321 g/mol. The Bertz CT molecular complexity index is 718. The van der Waals surface area contributed by atoms with Crippen LogP contribution >= 0.6 is 0 Å². The molecule has 0 unspecified atom stereocenters. The molecule has 1 saturated heterocycles. The van der Waals surface area contributed by atoms with E-state index in [-0.39, 0.29) is 19.0 Å². The van der Waals surface area contributed by atoms with Gasteiger partial charge in [-0.05, 0) is 0 Å². The highest BCUT2D eigenvalue weighted by molar-refractivity contribution is 5.87. The van der Waals surface area contributed by atoms with Crippen LogP contribution in [0.1, 0.15) is 24.9 Å². The van der Waals surface area contributed by atoms with Crippen molar-refractivity contribution in [3.63, 3.8) is 0 Å². The summed E-state index contributed by atoms with van der Waals surface area (Å²) in [6.07, 6.45) is 1.15. The van der Waals surface area contributed by atoms with Gasteiger partial charge in [-0.2, -0.15) is 0 Å². The minimum absolute atomic E-state index is 0.0130. The first-order chi connectivity index (χ1) is 11.0. The lowest BCUT2D eigenvalue weighted by molar-refractivity contribution is -0.144. The fourth-order valence-corrected chi connectivity index (χ4v) is 2.78. The van der Waals surface area contributed by atoms with Crippen molar-refractivity contribution in [2.24, 2.45) is 0 Å². The SMILES string of the molecule is CCC(=O)OC[C@H]1N[C@@H](c2c[nH]c3c(N)ncnc23)[C@H](O)[C@@H]1O. The van der Waals surface area contributed by atoms with E-state index in [4.69, 9.17) is 10.5 Å². The molecule has 1 aliphatic heterocycles. The molecule has 1 fully saturated rings. The van der Waals surface area contributed by atoms with Gasteiger partial charge < -0.3 is 25.7 Å². The Morgan fingerprint density at radius 1 is 1.39 bits per heavy atom. The fraction of sp³-hybridized carbons (Fsp3) is 0.500. The van der Waals surface area contributed by atoms with E-state index in [2.05, 4.69) is 20.3 Å². The van der Waals surface area contributed by atoms with Gasteiger partial charge >= 0.3 is 5.97 Å². The normalized spacial score (nSPS) is 27.4. The summed E-state index contributed by atoms with van der Waals surface area (Å²) in [5.74, 6) is -0.0488. The molecule has 23 heavy (non-hydrogen) atoms. The van der Waals surface area contributed by atoms with Crippen molar-refractivity contribution in [1.29, 1.82) is 0 Å². The number of carbonyl (C=O) groups is 1. The quantitative estimate of drug-likeness (QED) is 0.461. The summed E-state index contributed by atoms with van der Waals surface area (Å²) in [7, 11) is 0. The van der Waals surface area contributed by atoms with Gasteiger partial charge in [0.05, 0.1) is 17.6 Å². The molecule has 124 valence electrons. The van der Waals surface area contributed by atoms with Crippen LogP contribution < -0.4 is 11.1 Å². The number of hydrogen-bond acceptors (Lipinski definition) is 8. The molecular weight excluding hydrogens is 302 g/mol. The highest BCUT2D eigenvalue weighted by Crippen LogP contribution is 2.32. The van der Waals surface area contributed by atoms with Gasteiger partial charge in [-0.25, -0.2) is 9.97 Å². The van der Waals surface area contributed by atoms with E-state index in [9.17, 15) is 15.0 Å². The van der Waals surface area contributed by atoms with Crippen molar-refractivity contribution < 1.29 is 19.7 Å². The van der Waals surface area contributed by atoms with Crippen LogP contribution in [0.15, 0.2) is 12.5 Å². The number of nitrogens with zero attached hydrogens (tertiary/aromatic N) is 2. The number of hydrogen-bond donors (Lipinski definition) is 5. The Kier molecular flexibility index (Phi) is 4.16. The summed E-state index contributed by atoms with van der Waals surface area (Å²) in [5, 5.41) is 23.6. The number of esters is 1. The van der Waals surface area contributed by atoms with E-state index < -0.39 is 24.3 Å². The van der Waals surface area contributed by atoms with Crippen molar-refractivity contribution >= 4 is 22.8 Å². The van der Waals surface area contributed by atoms with Crippen LogP contribution in [0.4, 0.5) is 5.82 Å². The molecule has 0 amide bonds. The molecule has 9 nitrogen and oxygen atoms in total. The molecule has 1 aliphatic rings. The van der Waals surface area contributed by atoms with Gasteiger partial charge in [0.15, 0.2) is 5.82 Å². The van der Waals surface area contributed by atoms with Gasteiger partial charge in [-0.15, -0.1) is 0 Å². The fourth-order valence-electron chi connectivity index (χ4n) is 2.78. The second-order valence-electron chi connectivity index (χ2n) is 5.50. The number of aliphatic hydroxyl groups excluding tert-OH is 2. The van der Waals surface area contributed by atoms with E-state index in [1.807, 2.05) is 0 Å². The second-order valence-corrected chi connectivity index (χ2v) is 5.50. The van der Waals surface area contributed by atoms with Gasteiger partial charge in [0.25, 0.3) is 0 Å². The van der Waals surface area contributed by atoms with Crippen LogP contribution in [0, 0.1) is 0 Å². The molecule has 2 aromatic rings. The number of ether oxygens (including phenoxy) is 1. The summed E-state index contributed by atoms with van der Waals surface area (Å²) < 4.78 is 5.04. The number of aliphatic hydroxyl groups is 2. The van der Waals surface area contributed by atoms with E-state index in [0.717, 1.165) is 0 Å². The monoisotopic (exact) mass is 321 g/mol. The maximum Gasteiger partial charge on any atom is 0.305 e. The summed E-state index contributed by atoms with van der Waals surface area (Å²) in [6, 6.07) is -1.12. The van der Waals surface area contributed by atoms with Gasteiger partial charge in [0, 0.05) is 18.2 Å². The van der Waals surface area contributed by atoms with E-state index in [1.165, 1.54) is 6.33 Å². The number of aromatic nitrogens is 3. The number of H-pyrrole nitrogens is 1. The Morgan fingerprint density at radius 2 is 2.17 bits per heavy atom. The molecule has 0 aromatic carbocycles. The molecule has 0 aliphatic carbocycles. The van der Waals surface area contributed by atoms with Crippen molar-refractivity contribution in [3.05, 3.63) is 18.1 Å². The summed E-state index contributed by atoms with van der Waals surface area (Å²) >= 11 is 0. The smallest absolute Gasteiger partial charge is 0.305 e. The number of nitrogens with two attached hydrogens (primary N) is 1. The van der Waals surface area contributed by atoms with Gasteiger partial charge in [0.2, 0.25) is 0 Å². The largest absolute Gasteiger partial charge is 0.464 e. The zero-order chi connectivity index (χ0) is 16.6. The number of nitrogens with one attached hydrogen (secondary N) is 2. The van der Waals surface area contributed by atoms with Crippen LogP contribution in [0.2, 0.25) is 0 Å². The second kappa shape index (κ2) is 6.11. The summed E-state index contributed by atoms with van der Waals surface area (Å²) in [4.78, 5) is 22.3. The van der Waals surface area contributed by atoms with Crippen molar-refractivity contribution in [1.82, 2.24) is 20.3 Å². The number of fused-ring (bicyclic) bond motifs is 1. The molecule has 9 heteroatoms. The molecule has 4 atom stereocenters. The van der Waals surface area contributed by atoms with E-state index in [0.29, 0.717) is 22.4 Å². The molecule has 6 N–H and O–H groups in total. The Hall–Kier alpha value is -2.23. The van der Waals surface area contributed by atoms with Crippen LogP contribution in [0.5, 0.6) is 0 Å². The lowest BCUT2D eigenvalue weighted by atomic mass is 10.0. The third-order valence-electron chi connectivity index (χ3n) is 4.07. The van der Waals surface area contributed by atoms with Crippen LogP contribution in [-0.2, 0) is 9.53 Å². The Labute approximate surface area is 131 Å². The van der Waals surface area contributed by atoms with Gasteiger partial charge in [-0.1, -0.05) is 6.92 Å². The molecule has 0 saturated carbocycles. The highest BCUT2D eigenvalue weighted by atomic mass is 16.5. The maximum atomic E-state index is 11.2. The first-order valence-electron chi connectivity index (χ1n) is 7.38.